The fraction of sp³-hybridized carbons (Fsp3) is 0.667. The van der Waals surface area contributed by atoms with Crippen LogP contribution in [0.2, 0.25) is 0 Å². The zero-order chi connectivity index (χ0) is 14.8. The van der Waals surface area contributed by atoms with E-state index in [4.69, 9.17) is 4.74 Å². The Hall–Kier alpha value is -1.06. The number of benzene rings is 1. The first kappa shape index (κ1) is 14.9. The fourth-order valence-electron chi connectivity index (χ4n) is 3.73. The molecule has 3 heteroatoms. The van der Waals surface area contributed by atoms with E-state index >= 15 is 0 Å². The van der Waals surface area contributed by atoms with Gasteiger partial charge in [-0.15, -0.1) is 0 Å². The quantitative estimate of drug-likeness (QED) is 0.925. The molecule has 116 valence electrons. The predicted octanol–water partition coefficient (Wildman–Crippen LogP) is 3.08. The summed E-state index contributed by atoms with van der Waals surface area (Å²) in [5.74, 6) is 2.67. The van der Waals surface area contributed by atoms with E-state index in [1.165, 1.54) is 25.1 Å². The fourth-order valence-corrected chi connectivity index (χ4v) is 3.73. The summed E-state index contributed by atoms with van der Waals surface area (Å²) in [5, 5.41) is 3.69. The molecular formula is C18H28N2O. The van der Waals surface area contributed by atoms with Crippen molar-refractivity contribution in [1.82, 2.24) is 10.2 Å². The molecule has 0 radical (unpaired) electrons. The Morgan fingerprint density at radius 1 is 1.24 bits per heavy atom. The molecule has 0 saturated carbocycles. The highest BCUT2D eigenvalue weighted by atomic mass is 16.5. The van der Waals surface area contributed by atoms with Gasteiger partial charge in [0.1, 0.15) is 12.4 Å². The van der Waals surface area contributed by atoms with Crippen molar-refractivity contribution >= 4 is 0 Å². The lowest BCUT2D eigenvalue weighted by Crippen LogP contribution is -2.54. The van der Waals surface area contributed by atoms with Crippen molar-refractivity contribution in [1.29, 1.82) is 0 Å². The van der Waals surface area contributed by atoms with E-state index in [0.717, 1.165) is 30.7 Å². The van der Waals surface area contributed by atoms with Crippen LogP contribution in [0.1, 0.15) is 38.8 Å². The van der Waals surface area contributed by atoms with Crippen molar-refractivity contribution in [3.8, 4) is 5.75 Å². The van der Waals surface area contributed by atoms with Crippen LogP contribution in [0, 0.1) is 11.8 Å². The van der Waals surface area contributed by atoms with Crippen molar-refractivity contribution in [2.24, 2.45) is 11.8 Å². The lowest BCUT2D eigenvalue weighted by atomic mass is 9.86. The van der Waals surface area contributed by atoms with Crippen molar-refractivity contribution in [2.75, 3.05) is 26.2 Å². The normalized spacial score (nSPS) is 33.3. The maximum atomic E-state index is 6.05. The Balaban J connectivity index is 1.82. The third-order valence-electron chi connectivity index (χ3n) is 5.31. The number of nitrogens with one attached hydrogen (secondary N) is 1. The molecule has 1 aromatic carbocycles. The Kier molecular flexibility index (Phi) is 4.51. The number of ether oxygens (including phenoxy) is 1. The molecular weight excluding hydrogens is 260 g/mol. The number of hydrogen-bond donors (Lipinski definition) is 1. The van der Waals surface area contributed by atoms with Crippen LogP contribution in [-0.2, 0) is 0 Å². The lowest BCUT2D eigenvalue weighted by Gasteiger charge is -2.45. The Morgan fingerprint density at radius 2 is 2.05 bits per heavy atom. The molecule has 1 saturated heterocycles. The standard InChI is InChI=1S/C18H28N2O/c1-4-19-18-15-7-5-6-8-17(15)21-12-16(18)20-10-9-13(2)14(3)11-20/h5-8,13-14,16,18-19H,4,9-12H2,1-3H3. The van der Waals surface area contributed by atoms with E-state index in [1.807, 2.05) is 0 Å². The predicted molar refractivity (Wildman–Crippen MR) is 86.7 cm³/mol. The molecule has 1 aromatic rings. The number of piperidine rings is 1. The van der Waals surface area contributed by atoms with Crippen LogP contribution in [0.3, 0.4) is 0 Å². The van der Waals surface area contributed by atoms with Gasteiger partial charge in [-0.1, -0.05) is 39.0 Å². The van der Waals surface area contributed by atoms with Gasteiger partial charge in [0.2, 0.25) is 0 Å². The van der Waals surface area contributed by atoms with Crippen LogP contribution in [-0.4, -0.2) is 37.2 Å². The van der Waals surface area contributed by atoms with Gasteiger partial charge in [-0.3, -0.25) is 4.90 Å². The van der Waals surface area contributed by atoms with Crippen molar-refractivity contribution in [3.63, 3.8) is 0 Å². The molecule has 2 heterocycles. The lowest BCUT2D eigenvalue weighted by molar-refractivity contribution is 0.0381. The molecule has 0 spiro atoms. The van der Waals surface area contributed by atoms with E-state index in [-0.39, 0.29) is 0 Å². The third kappa shape index (κ3) is 2.95. The Bertz CT molecular complexity index is 476. The number of likely N-dealkylation sites (tertiary alicyclic amines) is 1. The number of fused-ring (bicyclic) bond motifs is 1. The molecule has 0 aromatic heterocycles. The number of rotatable bonds is 3. The van der Waals surface area contributed by atoms with Crippen LogP contribution in [0.25, 0.3) is 0 Å². The smallest absolute Gasteiger partial charge is 0.124 e. The SMILES string of the molecule is CCNC1c2ccccc2OCC1N1CCC(C)C(C)C1. The van der Waals surface area contributed by atoms with Crippen molar-refractivity contribution in [2.45, 2.75) is 39.3 Å². The molecule has 0 aliphatic carbocycles. The van der Waals surface area contributed by atoms with Crippen molar-refractivity contribution in [3.05, 3.63) is 29.8 Å². The molecule has 21 heavy (non-hydrogen) atoms. The topological polar surface area (TPSA) is 24.5 Å². The van der Waals surface area contributed by atoms with Crippen molar-refractivity contribution < 1.29 is 4.74 Å². The average Bonchev–Trinajstić information content (AvgIpc) is 2.51. The largest absolute Gasteiger partial charge is 0.492 e. The number of hydrogen-bond acceptors (Lipinski definition) is 3. The van der Waals surface area contributed by atoms with E-state index in [1.54, 1.807) is 0 Å². The van der Waals surface area contributed by atoms with Gasteiger partial charge in [0.05, 0.1) is 12.1 Å². The van der Waals surface area contributed by atoms with E-state index in [0.29, 0.717) is 12.1 Å². The molecule has 1 N–H and O–H groups in total. The summed E-state index contributed by atoms with van der Waals surface area (Å²) in [7, 11) is 0. The first-order chi connectivity index (χ1) is 10.2. The first-order valence-electron chi connectivity index (χ1n) is 8.39. The van der Waals surface area contributed by atoms with Crippen LogP contribution in [0.4, 0.5) is 0 Å². The molecule has 1 fully saturated rings. The summed E-state index contributed by atoms with van der Waals surface area (Å²) in [6.07, 6.45) is 1.30. The van der Waals surface area contributed by atoms with Gasteiger partial charge in [-0.05, 0) is 37.4 Å². The molecule has 4 atom stereocenters. The second-order valence-corrected chi connectivity index (χ2v) is 6.69. The average molecular weight is 288 g/mol. The third-order valence-corrected chi connectivity index (χ3v) is 5.31. The summed E-state index contributed by atoms with van der Waals surface area (Å²) < 4.78 is 6.05. The van der Waals surface area contributed by atoms with Crippen LogP contribution in [0.5, 0.6) is 5.75 Å². The maximum absolute atomic E-state index is 6.05. The van der Waals surface area contributed by atoms with E-state index in [9.17, 15) is 0 Å². The summed E-state index contributed by atoms with van der Waals surface area (Å²) in [5.41, 5.74) is 1.32. The number of likely N-dealkylation sites (N-methyl/N-ethyl adjacent to an activating group) is 1. The molecule has 2 aliphatic rings. The van der Waals surface area contributed by atoms with E-state index < -0.39 is 0 Å². The van der Waals surface area contributed by atoms with Gasteiger partial charge >= 0.3 is 0 Å². The second-order valence-electron chi connectivity index (χ2n) is 6.69. The minimum Gasteiger partial charge on any atom is -0.492 e. The molecule has 0 amide bonds. The van der Waals surface area contributed by atoms with Crippen LogP contribution < -0.4 is 10.1 Å². The number of para-hydroxylation sites is 1. The monoisotopic (exact) mass is 288 g/mol. The summed E-state index contributed by atoms with van der Waals surface area (Å²) in [6.45, 7) is 11.1. The van der Waals surface area contributed by atoms with Gasteiger partial charge in [0.15, 0.2) is 0 Å². The zero-order valence-corrected chi connectivity index (χ0v) is 13.5. The minimum atomic E-state index is 0.389. The number of nitrogens with zero attached hydrogens (tertiary/aromatic N) is 1. The second kappa shape index (κ2) is 6.37. The van der Waals surface area contributed by atoms with E-state index in [2.05, 4.69) is 55.3 Å². The van der Waals surface area contributed by atoms with Gasteiger partial charge in [-0.2, -0.15) is 0 Å². The van der Waals surface area contributed by atoms with Gasteiger partial charge < -0.3 is 10.1 Å². The zero-order valence-electron chi connectivity index (χ0n) is 13.5. The molecule has 0 bridgehead atoms. The Morgan fingerprint density at radius 3 is 2.81 bits per heavy atom. The maximum Gasteiger partial charge on any atom is 0.124 e. The minimum absolute atomic E-state index is 0.389. The van der Waals surface area contributed by atoms with Crippen LogP contribution in [0.15, 0.2) is 24.3 Å². The summed E-state index contributed by atoms with van der Waals surface area (Å²) >= 11 is 0. The first-order valence-corrected chi connectivity index (χ1v) is 8.39. The highest BCUT2D eigenvalue weighted by Gasteiger charge is 2.36. The summed E-state index contributed by atoms with van der Waals surface area (Å²) in [6, 6.07) is 9.33. The molecule has 3 rings (SSSR count). The molecule has 4 unspecified atom stereocenters. The highest BCUT2D eigenvalue weighted by molar-refractivity contribution is 5.38. The summed E-state index contributed by atoms with van der Waals surface area (Å²) in [4.78, 5) is 2.65. The molecule has 2 aliphatic heterocycles. The van der Waals surface area contributed by atoms with Gasteiger partial charge in [0, 0.05) is 12.1 Å². The van der Waals surface area contributed by atoms with Crippen LogP contribution >= 0.6 is 0 Å². The molecule has 3 nitrogen and oxygen atoms in total. The Labute approximate surface area is 128 Å². The van der Waals surface area contributed by atoms with Gasteiger partial charge in [-0.25, -0.2) is 0 Å². The highest BCUT2D eigenvalue weighted by Crippen LogP contribution is 2.36. The van der Waals surface area contributed by atoms with Gasteiger partial charge in [0.25, 0.3) is 0 Å².